The second-order valence-corrected chi connectivity index (χ2v) is 5.25. The normalized spacial score (nSPS) is 15.0. The minimum atomic E-state index is -0.111. The molecule has 1 aliphatic rings. The van der Waals surface area contributed by atoms with Gasteiger partial charge in [0.2, 0.25) is 5.78 Å². The number of Topliss-reactive ketones (excluding diaryl/α,β-unsaturated/α-hetero) is 1. The number of fused-ring (bicyclic) bond motifs is 1. The molecular weight excluding hydrogens is 288 g/mol. The lowest BCUT2D eigenvalue weighted by atomic mass is 10.0. The second kappa shape index (κ2) is 5.26. The lowest BCUT2D eigenvalue weighted by Crippen LogP contribution is -1.99. The van der Waals surface area contributed by atoms with E-state index in [1.54, 1.807) is 31.4 Å². The van der Waals surface area contributed by atoms with Gasteiger partial charge in [0.15, 0.2) is 5.76 Å². The molecule has 0 fully saturated rings. The molecule has 0 saturated heterocycles. The van der Waals surface area contributed by atoms with Crippen LogP contribution in [0.25, 0.3) is 6.08 Å². The molecule has 0 aromatic heterocycles. The third-order valence-electron chi connectivity index (χ3n) is 3.35. The summed E-state index contributed by atoms with van der Waals surface area (Å²) in [5.41, 5.74) is 2.30. The van der Waals surface area contributed by atoms with Crippen molar-refractivity contribution in [2.75, 3.05) is 7.11 Å². The van der Waals surface area contributed by atoms with Crippen molar-refractivity contribution in [2.24, 2.45) is 0 Å². The third-order valence-corrected chi connectivity index (χ3v) is 3.60. The number of ether oxygens (including phenoxy) is 2. The Morgan fingerprint density at radius 2 is 1.90 bits per heavy atom. The van der Waals surface area contributed by atoms with E-state index in [0.29, 0.717) is 27.8 Å². The first-order valence-electron chi connectivity index (χ1n) is 6.47. The molecule has 1 heterocycles. The molecule has 0 N–H and O–H groups in total. The molecule has 4 heteroatoms. The molecule has 106 valence electrons. The van der Waals surface area contributed by atoms with Crippen LogP contribution in [0.4, 0.5) is 0 Å². The number of ketones is 1. The summed E-state index contributed by atoms with van der Waals surface area (Å²) in [5.74, 6) is 1.41. The van der Waals surface area contributed by atoms with Gasteiger partial charge in [-0.3, -0.25) is 4.79 Å². The number of carbonyl (C=O) groups is 1. The zero-order valence-electron chi connectivity index (χ0n) is 11.6. The van der Waals surface area contributed by atoms with Crippen LogP contribution in [0.15, 0.2) is 42.2 Å². The van der Waals surface area contributed by atoms with Gasteiger partial charge < -0.3 is 9.47 Å². The van der Waals surface area contributed by atoms with Crippen LogP contribution >= 0.6 is 11.6 Å². The lowest BCUT2D eigenvalue weighted by Gasteiger charge is -2.04. The zero-order valence-corrected chi connectivity index (χ0v) is 12.4. The van der Waals surface area contributed by atoms with Crippen molar-refractivity contribution in [3.63, 3.8) is 0 Å². The van der Waals surface area contributed by atoms with Crippen LogP contribution in [0.2, 0.25) is 5.02 Å². The maximum atomic E-state index is 12.4. The van der Waals surface area contributed by atoms with Gasteiger partial charge in [-0.1, -0.05) is 23.7 Å². The second-order valence-electron chi connectivity index (χ2n) is 4.81. The Morgan fingerprint density at radius 1 is 1.19 bits per heavy atom. The summed E-state index contributed by atoms with van der Waals surface area (Å²) in [6.45, 7) is 1.87. The maximum absolute atomic E-state index is 12.4. The third kappa shape index (κ3) is 2.52. The van der Waals surface area contributed by atoms with E-state index in [1.807, 2.05) is 25.1 Å². The largest absolute Gasteiger partial charge is 0.497 e. The van der Waals surface area contributed by atoms with Crippen LogP contribution in [0.5, 0.6) is 11.5 Å². The first kappa shape index (κ1) is 13.7. The first-order chi connectivity index (χ1) is 10.1. The average Bonchev–Trinajstić information content (AvgIpc) is 2.78. The number of rotatable bonds is 2. The standard InChI is InChI=1S/C17H13ClO3/c1-10-7-13(20-2)9-14-16(10)17(19)15(21-14)8-11-3-5-12(18)6-4-11/h3-9H,1-2H3/b15-8-. The van der Waals surface area contributed by atoms with Crippen molar-refractivity contribution in [3.05, 3.63) is 63.9 Å². The van der Waals surface area contributed by atoms with Crippen LogP contribution in [-0.2, 0) is 0 Å². The van der Waals surface area contributed by atoms with Crippen LogP contribution in [0.1, 0.15) is 21.5 Å². The summed E-state index contributed by atoms with van der Waals surface area (Å²) in [5, 5.41) is 0.652. The van der Waals surface area contributed by atoms with E-state index in [1.165, 1.54) is 0 Å². The Balaban J connectivity index is 2.00. The van der Waals surface area contributed by atoms with Crippen molar-refractivity contribution in [2.45, 2.75) is 6.92 Å². The first-order valence-corrected chi connectivity index (χ1v) is 6.85. The van der Waals surface area contributed by atoms with Gasteiger partial charge >= 0.3 is 0 Å². The van der Waals surface area contributed by atoms with Crippen LogP contribution < -0.4 is 9.47 Å². The number of halogens is 1. The predicted molar refractivity (Wildman–Crippen MR) is 82.1 cm³/mol. The predicted octanol–water partition coefficient (Wildman–Crippen LogP) is 4.27. The monoisotopic (exact) mass is 300 g/mol. The summed E-state index contributed by atoms with van der Waals surface area (Å²) in [7, 11) is 1.59. The highest BCUT2D eigenvalue weighted by Crippen LogP contribution is 2.37. The maximum Gasteiger partial charge on any atom is 0.232 e. The summed E-state index contributed by atoms with van der Waals surface area (Å²) in [6, 6.07) is 10.8. The van der Waals surface area contributed by atoms with Crippen molar-refractivity contribution in [1.29, 1.82) is 0 Å². The smallest absolute Gasteiger partial charge is 0.232 e. The molecule has 3 nitrogen and oxygen atoms in total. The molecule has 3 rings (SSSR count). The molecule has 0 bridgehead atoms. The van der Waals surface area contributed by atoms with Gasteiger partial charge in [-0.2, -0.15) is 0 Å². The average molecular weight is 301 g/mol. The molecule has 0 radical (unpaired) electrons. The Bertz CT molecular complexity index is 745. The number of methoxy groups -OCH3 is 1. The van der Waals surface area contributed by atoms with Gasteiger partial charge in [-0.05, 0) is 42.3 Å². The van der Waals surface area contributed by atoms with E-state index in [4.69, 9.17) is 21.1 Å². The number of hydrogen-bond acceptors (Lipinski definition) is 3. The van der Waals surface area contributed by atoms with Crippen molar-refractivity contribution >= 4 is 23.5 Å². The fourth-order valence-electron chi connectivity index (χ4n) is 2.31. The number of carbonyl (C=O) groups excluding carboxylic acids is 1. The number of benzene rings is 2. The molecule has 2 aromatic rings. The molecule has 0 aliphatic carbocycles. The fraction of sp³-hybridized carbons (Fsp3) is 0.118. The van der Waals surface area contributed by atoms with Crippen LogP contribution in [0.3, 0.4) is 0 Å². The van der Waals surface area contributed by atoms with E-state index < -0.39 is 0 Å². The molecule has 0 atom stereocenters. The Hall–Kier alpha value is -2.26. The fourth-order valence-corrected chi connectivity index (χ4v) is 2.43. The Morgan fingerprint density at radius 3 is 2.57 bits per heavy atom. The topological polar surface area (TPSA) is 35.5 Å². The van der Waals surface area contributed by atoms with Gasteiger partial charge in [0.25, 0.3) is 0 Å². The van der Waals surface area contributed by atoms with Gasteiger partial charge in [0.05, 0.1) is 12.7 Å². The minimum absolute atomic E-state index is 0.111. The number of allylic oxidation sites excluding steroid dienone is 1. The highest BCUT2D eigenvalue weighted by molar-refractivity contribution is 6.30. The summed E-state index contributed by atoms with van der Waals surface area (Å²) in [4.78, 5) is 12.4. The van der Waals surface area contributed by atoms with Crippen molar-refractivity contribution < 1.29 is 14.3 Å². The molecular formula is C17H13ClO3. The van der Waals surface area contributed by atoms with Crippen LogP contribution in [0, 0.1) is 6.92 Å². The summed E-state index contributed by atoms with van der Waals surface area (Å²) >= 11 is 5.85. The quantitative estimate of drug-likeness (QED) is 0.777. The number of aryl methyl sites for hydroxylation is 1. The van der Waals surface area contributed by atoms with E-state index >= 15 is 0 Å². The number of hydrogen-bond donors (Lipinski definition) is 0. The van der Waals surface area contributed by atoms with E-state index in [2.05, 4.69) is 0 Å². The van der Waals surface area contributed by atoms with Crippen molar-refractivity contribution in [1.82, 2.24) is 0 Å². The molecule has 0 amide bonds. The van der Waals surface area contributed by atoms with Gasteiger partial charge in [0, 0.05) is 11.1 Å². The minimum Gasteiger partial charge on any atom is -0.497 e. The van der Waals surface area contributed by atoms with E-state index in [-0.39, 0.29) is 5.78 Å². The highest BCUT2D eigenvalue weighted by atomic mass is 35.5. The Kier molecular flexibility index (Phi) is 3.43. The molecule has 0 unspecified atom stereocenters. The van der Waals surface area contributed by atoms with Gasteiger partial charge in [-0.25, -0.2) is 0 Å². The van der Waals surface area contributed by atoms with Crippen molar-refractivity contribution in [3.8, 4) is 11.5 Å². The van der Waals surface area contributed by atoms with Gasteiger partial charge in [0.1, 0.15) is 11.5 Å². The highest BCUT2D eigenvalue weighted by Gasteiger charge is 2.29. The SMILES string of the molecule is COc1cc(C)c2c(c1)O/C(=C\c1ccc(Cl)cc1)C2=O. The lowest BCUT2D eigenvalue weighted by molar-refractivity contribution is 0.101. The zero-order chi connectivity index (χ0) is 15.0. The molecule has 2 aromatic carbocycles. The molecule has 0 spiro atoms. The summed E-state index contributed by atoms with van der Waals surface area (Å²) in [6.07, 6.45) is 1.71. The van der Waals surface area contributed by atoms with Crippen LogP contribution in [-0.4, -0.2) is 12.9 Å². The van der Waals surface area contributed by atoms with Gasteiger partial charge in [-0.15, -0.1) is 0 Å². The van der Waals surface area contributed by atoms with E-state index in [0.717, 1.165) is 11.1 Å². The molecule has 21 heavy (non-hydrogen) atoms. The summed E-state index contributed by atoms with van der Waals surface area (Å²) < 4.78 is 10.9. The van der Waals surface area contributed by atoms with E-state index in [9.17, 15) is 4.79 Å². The molecule has 1 aliphatic heterocycles. The Labute approximate surface area is 127 Å². The molecule has 0 saturated carbocycles.